The summed E-state index contributed by atoms with van der Waals surface area (Å²) < 4.78 is 0. The van der Waals surface area contributed by atoms with Crippen molar-refractivity contribution in [3.63, 3.8) is 0 Å². The van der Waals surface area contributed by atoms with E-state index in [0.29, 0.717) is 6.54 Å². The summed E-state index contributed by atoms with van der Waals surface area (Å²) in [6, 6.07) is 0. The van der Waals surface area contributed by atoms with Gasteiger partial charge in [0.05, 0.1) is 6.54 Å². The monoisotopic (exact) mass is 139 g/mol. The third kappa shape index (κ3) is 7.12. The first-order valence-corrected chi connectivity index (χ1v) is 3.27. The van der Waals surface area contributed by atoms with Gasteiger partial charge in [-0.25, -0.2) is 9.79 Å². The minimum atomic E-state index is 0.179. The van der Waals surface area contributed by atoms with Gasteiger partial charge in [0.25, 0.3) is 0 Å². The molecule has 0 aromatic heterocycles. The van der Waals surface area contributed by atoms with E-state index in [1.54, 1.807) is 0 Å². The molecule has 56 valence electrons. The van der Waals surface area contributed by atoms with Crippen LogP contribution in [0.4, 0.5) is 0 Å². The van der Waals surface area contributed by atoms with Crippen LogP contribution < -0.4 is 0 Å². The van der Waals surface area contributed by atoms with Crippen LogP contribution in [0.5, 0.6) is 0 Å². The van der Waals surface area contributed by atoms with Crippen LogP contribution in [0.25, 0.3) is 0 Å². The Morgan fingerprint density at radius 1 is 1.50 bits per heavy atom. The van der Waals surface area contributed by atoms with Gasteiger partial charge in [0.15, 0.2) is 0 Å². The Kier molecular flexibility index (Phi) is 3.67. The number of hydrogen-bond donors (Lipinski definition) is 0. The lowest BCUT2D eigenvalue weighted by atomic mass is 9.96. The maximum Gasteiger partial charge on any atom is 0.235 e. The van der Waals surface area contributed by atoms with Gasteiger partial charge < -0.3 is 0 Å². The van der Waals surface area contributed by atoms with Crippen molar-refractivity contribution < 1.29 is 4.79 Å². The van der Waals surface area contributed by atoms with Crippen LogP contribution in [-0.4, -0.2) is 12.6 Å². The first-order chi connectivity index (χ1) is 4.56. The van der Waals surface area contributed by atoms with Crippen LogP contribution in [0, 0.1) is 5.41 Å². The van der Waals surface area contributed by atoms with Crippen molar-refractivity contribution in [3.8, 4) is 0 Å². The SMILES string of the molecule is CC(C)(C)/C=C\CN=C=O. The van der Waals surface area contributed by atoms with Crippen molar-refractivity contribution >= 4 is 6.08 Å². The van der Waals surface area contributed by atoms with Gasteiger partial charge in [-0.15, -0.1) is 0 Å². The number of rotatable bonds is 2. The lowest BCUT2D eigenvalue weighted by Gasteiger charge is -2.09. The molecule has 0 bridgehead atoms. The van der Waals surface area contributed by atoms with E-state index in [0.717, 1.165) is 0 Å². The van der Waals surface area contributed by atoms with Crippen LogP contribution in [0.2, 0.25) is 0 Å². The van der Waals surface area contributed by atoms with Crippen LogP contribution in [0.1, 0.15) is 20.8 Å². The molecule has 0 rings (SSSR count). The van der Waals surface area contributed by atoms with Gasteiger partial charge in [-0.05, 0) is 5.41 Å². The number of carbonyl (C=O) groups excluding carboxylic acids is 1. The third-order valence-electron chi connectivity index (χ3n) is 0.879. The smallest absolute Gasteiger partial charge is 0.211 e. The van der Waals surface area contributed by atoms with Crippen LogP contribution >= 0.6 is 0 Å². The average Bonchev–Trinajstić information content (AvgIpc) is 1.78. The normalized spacial score (nSPS) is 11.5. The number of aliphatic imine (C=N–C) groups is 1. The lowest BCUT2D eigenvalue weighted by molar-refractivity contribution is 0.542. The number of isocyanates is 1. The minimum absolute atomic E-state index is 0.179. The number of hydrogen-bond acceptors (Lipinski definition) is 2. The fourth-order valence-corrected chi connectivity index (χ4v) is 0.496. The van der Waals surface area contributed by atoms with Crippen molar-refractivity contribution in [2.45, 2.75) is 20.8 Å². The Balaban J connectivity index is 3.67. The highest BCUT2D eigenvalue weighted by Gasteiger charge is 2.01. The number of nitrogens with zero attached hydrogens (tertiary/aromatic N) is 1. The van der Waals surface area contributed by atoms with Crippen molar-refractivity contribution in [1.82, 2.24) is 0 Å². The topological polar surface area (TPSA) is 29.4 Å². The maximum atomic E-state index is 9.60. The molecule has 0 fully saturated rings. The molecule has 0 atom stereocenters. The summed E-state index contributed by atoms with van der Waals surface area (Å²) in [6.45, 7) is 6.72. The minimum Gasteiger partial charge on any atom is -0.211 e. The molecule has 0 heterocycles. The second-order valence-corrected chi connectivity index (χ2v) is 3.20. The standard InChI is InChI=1S/C8H13NO/c1-8(2,3)5-4-6-9-7-10/h4-5H,6H2,1-3H3/b5-4-. The summed E-state index contributed by atoms with van der Waals surface area (Å²) in [5.41, 5.74) is 0.179. The van der Waals surface area contributed by atoms with E-state index in [1.165, 1.54) is 6.08 Å². The molecular formula is C8H13NO. The lowest BCUT2D eigenvalue weighted by Crippen LogP contribution is -1.98. The average molecular weight is 139 g/mol. The van der Waals surface area contributed by atoms with Gasteiger partial charge in [-0.3, -0.25) is 0 Å². The Morgan fingerprint density at radius 3 is 2.50 bits per heavy atom. The highest BCUT2D eigenvalue weighted by molar-refractivity contribution is 5.33. The highest BCUT2D eigenvalue weighted by Crippen LogP contribution is 2.13. The van der Waals surface area contributed by atoms with Crippen molar-refractivity contribution in [2.75, 3.05) is 6.54 Å². The quantitative estimate of drug-likeness (QED) is 0.326. The van der Waals surface area contributed by atoms with E-state index in [2.05, 4.69) is 25.8 Å². The van der Waals surface area contributed by atoms with Crippen molar-refractivity contribution in [1.29, 1.82) is 0 Å². The fourth-order valence-electron chi connectivity index (χ4n) is 0.496. The summed E-state index contributed by atoms with van der Waals surface area (Å²) in [6.07, 6.45) is 5.37. The first kappa shape index (κ1) is 9.12. The zero-order chi connectivity index (χ0) is 8.04. The van der Waals surface area contributed by atoms with Gasteiger partial charge in [0.1, 0.15) is 0 Å². The van der Waals surface area contributed by atoms with E-state index in [4.69, 9.17) is 0 Å². The van der Waals surface area contributed by atoms with Gasteiger partial charge in [0, 0.05) is 0 Å². The molecule has 0 aliphatic rings. The molecule has 0 N–H and O–H groups in total. The van der Waals surface area contributed by atoms with Crippen LogP contribution in [-0.2, 0) is 4.79 Å². The number of allylic oxidation sites excluding steroid dienone is 1. The predicted molar refractivity (Wildman–Crippen MR) is 41.6 cm³/mol. The molecule has 2 heteroatoms. The predicted octanol–water partition coefficient (Wildman–Crippen LogP) is 1.92. The van der Waals surface area contributed by atoms with E-state index >= 15 is 0 Å². The van der Waals surface area contributed by atoms with Crippen molar-refractivity contribution in [3.05, 3.63) is 12.2 Å². The van der Waals surface area contributed by atoms with E-state index < -0.39 is 0 Å². The maximum absolute atomic E-state index is 9.60. The summed E-state index contributed by atoms with van der Waals surface area (Å²) in [5, 5.41) is 0. The van der Waals surface area contributed by atoms with Gasteiger partial charge in [0.2, 0.25) is 6.08 Å². The molecular weight excluding hydrogens is 126 g/mol. The Hall–Kier alpha value is -0.880. The Labute approximate surface area is 61.7 Å². The molecule has 10 heavy (non-hydrogen) atoms. The van der Waals surface area contributed by atoms with Crippen LogP contribution in [0.15, 0.2) is 17.1 Å². The largest absolute Gasteiger partial charge is 0.235 e. The summed E-state index contributed by atoms with van der Waals surface area (Å²) in [5.74, 6) is 0. The molecule has 0 aliphatic heterocycles. The molecule has 0 aromatic rings. The second kappa shape index (κ2) is 4.02. The Bertz CT molecular complexity index is 159. The molecule has 0 amide bonds. The van der Waals surface area contributed by atoms with Crippen molar-refractivity contribution in [2.24, 2.45) is 10.4 Å². The van der Waals surface area contributed by atoms with Gasteiger partial charge in [-0.1, -0.05) is 32.9 Å². The summed E-state index contributed by atoms with van der Waals surface area (Å²) in [4.78, 5) is 13.0. The molecule has 0 saturated heterocycles. The molecule has 0 radical (unpaired) electrons. The van der Waals surface area contributed by atoms with Crippen LogP contribution in [0.3, 0.4) is 0 Å². The molecule has 0 spiro atoms. The van der Waals surface area contributed by atoms with E-state index in [-0.39, 0.29) is 5.41 Å². The fraction of sp³-hybridized carbons (Fsp3) is 0.625. The summed E-state index contributed by atoms with van der Waals surface area (Å²) in [7, 11) is 0. The summed E-state index contributed by atoms with van der Waals surface area (Å²) >= 11 is 0. The zero-order valence-corrected chi connectivity index (χ0v) is 6.72. The molecule has 0 unspecified atom stereocenters. The van der Waals surface area contributed by atoms with Gasteiger partial charge in [-0.2, -0.15) is 0 Å². The van der Waals surface area contributed by atoms with E-state index in [9.17, 15) is 4.79 Å². The molecule has 0 saturated carbocycles. The molecule has 0 aromatic carbocycles. The second-order valence-electron chi connectivity index (χ2n) is 3.20. The van der Waals surface area contributed by atoms with E-state index in [1.807, 2.05) is 12.2 Å². The Morgan fingerprint density at radius 2 is 2.10 bits per heavy atom. The van der Waals surface area contributed by atoms with Gasteiger partial charge >= 0.3 is 0 Å². The highest BCUT2D eigenvalue weighted by atomic mass is 16.1. The molecule has 2 nitrogen and oxygen atoms in total. The first-order valence-electron chi connectivity index (χ1n) is 3.27. The zero-order valence-electron chi connectivity index (χ0n) is 6.72. The third-order valence-corrected chi connectivity index (χ3v) is 0.879. The molecule has 0 aliphatic carbocycles.